The van der Waals surface area contributed by atoms with E-state index in [0.717, 1.165) is 0 Å². The number of nitrogens with one attached hydrogen (secondary N) is 1. The number of aromatic nitrogens is 2. The third-order valence-corrected chi connectivity index (χ3v) is 0.985. The number of hydrogen-bond acceptors (Lipinski definition) is 4. The van der Waals surface area contributed by atoms with Gasteiger partial charge in [0.15, 0.2) is 0 Å². The lowest BCUT2D eigenvalue weighted by Gasteiger charge is -1.96. The summed E-state index contributed by atoms with van der Waals surface area (Å²) in [5.74, 6) is -2.74. The Hall–Kier alpha value is -1.98. The van der Waals surface area contributed by atoms with Crippen LogP contribution in [0.3, 0.4) is 0 Å². The normalized spacial score (nSPS) is 9.00. The third-order valence-electron chi connectivity index (χ3n) is 0.985. The minimum atomic E-state index is -1.57. The maximum atomic E-state index is 10.5. The maximum Gasteiger partial charge on any atom is 0.394 e. The highest BCUT2D eigenvalue weighted by molar-refractivity contribution is 6.36. The Labute approximate surface area is 67.3 Å². The summed E-state index contributed by atoms with van der Waals surface area (Å²) in [7, 11) is 0. The van der Waals surface area contributed by atoms with Gasteiger partial charge in [-0.3, -0.25) is 10.1 Å². The molecule has 0 fully saturated rings. The Bertz CT molecular complexity index is 298. The number of carbonyl (C=O) groups excluding carboxylic acids is 1. The van der Waals surface area contributed by atoms with Crippen molar-refractivity contribution in [3.63, 3.8) is 0 Å². The minimum Gasteiger partial charge on any atom is -0.474 e. The molecule has 0 spiro atoms. The van der Waals surface area contributed by atoms with Crippen LogP contribution in [0.25, 0.3) is 0 Å². The summed E-state index contributed by atoms with van der Waals surface area (Å²) in [4.78, 5) is 27.7. The molecule has 0 bridgehead atoms. The van der Waals surface area contributed by atoms with E-state index in [1.165, 1.54) is 12.4 Å². The standard InChI is InChI=1S/C6H5N3O3/c10-4(5(11)12)9-6-7-2-1-3-8-6/h1-3H,(H,11,12)(H,7,8,9,10). The number of anilines is 1. The van der Waals surface area contributed by atoms with Crippen LogP contribution in [-0.2, 0) is 9.59 Å². The number of nitrogens with zero attached hydrogens (tertiary/aromatic N) is 2. The van der Waals surface area contributed by atoms with Crippen molar-refractivity contribution in [2.45, 2.75) is 0 Å². The van der Waals surface area contributed by atoms with Crippen LogP contribution < -0.4 is 5.32 Å². The molecule has 6 heteroatoms. The van der Waals surface area contributed by atoms with Gasteiger partial charge in [-0.1, -0.05) is 0 Å². The van der Waals surface area contributed by atoms with E-state index in [1.54, 1.807) is 6.07 Å². The van der Waals surface area contributed by atoms with Crippen molar-refractivity contribution in [1.82, 2.24) is 9.97 Å². The van der Waals surface area contributed by atoms with Crippen LogP contribution in [0.2, 0.25) is 0 Å². The van der Waals surface area contributed by atoms with Gasteiger partial charge in [0.2, 0.25) is 5.95 Å². The molecule has 0 aliphatic carbocycles. The molecular formula is C6H5N3O3. The number of carboxylic acid groups (broad SMARTS) is 1. The second-order valence-electron chi connectivity index (χ2n) is 1.83. The Morgan fingerprint density at radius 1 is 1.33 bits per heavy atom. The molecule has 0 radical (unpaired) electrons. The number of amides is 1. The second kappa shape index (κ2) is 3.42. The fourth-order valence-electron chi connectivity index (χ4n) is 0.519. The van der Waals surface area contributed by atoms with Gasteiger partial charge in [-0.2, -0.15) is 0 Å². The number of hydrogen-bond donors (Lipinski definition) is 2. The van der Waals surface area contributed by atoms with E-state index < -0.39 is 11.9 Å². The largest absolute Gasteiger partial charge is 0.474 e. The molecule has 2 N–H and O–H groups in total. The van der Waals surface area contributed by atoms with Crippen molar-refractivity contribution in [3.8, 4) is 0 Å². The van der Waals surface area contributed by atoms with Crippen LogP contribution >= 0.6 is 0 Å². The molecule has 1 amide bonds. The molecule has 6 nitrogen and oxygen atoms in total. The van der Waals surface area contributed by atoms with Gasteiger partial charge >= 0.3 is 11.9 Å². The van der Waals surface area contributed by atoms with Crippen LogP contribution in [0.1, 0.15) is 0 Å². The van der Waals surface area contributed by atoms with Gasteiger partial charge in [-0.05, 0) is 6.07 Å². The van der Waals surface area contributed by atoms with Crippen molar-refractivity contribution in [2.24, 2.45) is 0 Å². The summed E-state index contributed by atoms with van der Waals surface area (Å²) in [6.45, 7) is 0. The maximum absolute atomic E-state index is 10.5. The van der Waals surface area contributed by atoms with Crippen molar-refractivity contribution < 1.29 is 14.7 Å². The van der Waals surface area contributed by atoms with Gasteiger partial charge in [-0.15, -0.1) is 0 Å². The van der Waals surface area contributed by atoms with E-state index in [4.69, 9.17) is 5.11 Å². The fourth-order valence-corrected chi connectivity index (χ4v) is 0.519. The monoisotopic (exact) mass is 167 g/mol. The molecule has 1 aromatic heterocycles. The first-order valence-electron chi connectivity index (χ1n) is 3.01. The SMILES string of the molecule is O=C(O)C(=O)Nc1ncccn1. The first-order chi connectivity index (χ1) is 5.70. The lowest BCUT2D eigenvalue weighted by Crippen LogP contribution is -2.22. The zero-order chi connectivity index (χ0) is 8.97. The second-order valence-corrected chi connectivity index (χ2v) is 1.83. The van der Waals surface area contributed by atoms with Gasteiger partial charge in [0, 0.05) is 12.4 Å². The van der Waals surface area contributed by atoms with Gasteiger partial charge in [0.05, 0.1) is 0 Å². The summed E-state index contributed by atoms with van der Waals surface area (Å²) in [6.07, 6.45) is 2.79. The molecular weight excluding hydrogens is 162 g/mol. The van der Waals surface area contributed by atoms with E-state index in [-0.39, 0.29) is 5.95 Å². The first-order valence-corrected chi connectivity index (χ1v) is 3.01. The molecule has 0 saturated heterocycles. The highest BCUT2D eigenvalue weighted by Gasteiger charge is 2.11. The summed E-state index contributed by atoms with van der Waals surface area (Å²) in [6, 6.07) is 1.55. The summed E-state index contributed by atoms with van der Waals surface area (Å²) < 4.78 is 0. The van der Waals surface area contributed by atoms with Crippen molar-refractivity contribution in [1.29, 1.82) is 0 Å². The molecule has 0 aromatic carbocycles. The average Bonchev–Trinajstić information content (AvgIpc) is 2.06. The molecule has 1 aromatic rings. The van der Waals surface area contributed by atoms with Gasteiger partial charge in [0.1, 0.15) is 0 Å². The van der Waals surface area contributed by atoms with Gasteiger partial charge in [0.25, 0.3) is 0 Å². The third kappa shape index (κ3) is 2.01. The van der Waals surface area contributed by atoms with E-state index in [9.17, 15) is 9.59 Å². The smallest absolute Gasteiger partial charge is 0.394 e. The fraction of sp³-hybridized carbons (Fsp3) is 0. The lowest BCUT2D eigenvalue weighted by molar-refractivity contribution is -0.147. The van der Waals surface area contributed by atoms with Crippen LogP contribution in [0, 0.1) is 0 Å². The molecule has 0 aliphatic heterocycles. The number of rotatable bonds is 1. The molecule has 0 atom stereocenters. The van der Waals surface area contributed by atoms with Gasteiger partial charge in [-0.25, -0.2) is 14.8 Å². The molecule has 62 valence electrons. The van der Waals surface area contributed by atoms with E-state index in [2.05, 4.69) is 9.97 Å². The van der Waals surface area contributed by atoms with Crippen LogP contribution in [0.15, 0.2) is 18.5 Å². The first kappa shape index (κ1) is 8.12. The van der Waals surface area contributed by atoms with Gasteiger partial charge < -0.3 is 5.11 Å². The number of carbonyl (C=O) groups is 2. The van der Waals surface area contributed by atoms with Crippen molar-refractivity contribution in [3.05, 3.63) is 18.5 Å². The minimum absolute atomic E-state index is 0.0232. The zero-order valence-corrected chi connectivity index (χ0v) is 5.89. The quantitative estimate of drug-likeness (QED) is 0.550. The Morgan fingerprint density at radius 3 is 2.42 bits per heavy atom. The van der Waals surface area contributed by atoms with Crippen molar-refractivity contribution in [2.75, 3.05) is 5.32 Å². The molecule has 1 heterocycles. The van der Waals surface area contributed by atoms with Crippen molar-refractivity contribution >= 4 is 17.8 Å². The highest BCUT2D eigenvalue weighted by Crippen LogP contribution is 1.92. The van der Waals surface area contributed by atoms with E-state index in [0.29, 0.717) is 0 Å². The number of aliphatic carboxylic acids is 1. The van der Waals surface area contributed by atoms with Crippen LogP contribution in [-0.4, -0.2) is 27.0 Å². The Morgan fingerprint density at radius 2 is 1.92 bits per heavy atom. The summed E-state index contributed by atoms with van der Waals surface area (Å²) in [5.41, 5.74) is 0. The highest BCUT2D eigenvalue weighted by atomic mass is 16.4. The molecule has 0 aliphatic rings. The predicted octanol–water partition coefficient (Wildman–Crippen LogP) is -0.500. The van der Waals surface area contributed by atoms with E-state index in [1.807, 2.05) is 5.32 Å². The topological polar surface area (TPSA) is 92.2 Å². The molecule has 1 rings (SSSR count). The predicted molar refractivity (Wildman–Crippen MR) is 38.3 cm³/mol. The Kier molecular flexibility index (Phi) is 2.32. The van der Waals surface area contributed by atoms with E-state index >= 15 is 0 Å². The zero-order valence-electron chi connectivity index (χ0n) is 5.89. The number of carboxylic acids is 1. The Balaban J connectivity index is 2.65. The molecule has 12 heavy (non-hydrogen) atoms. The van der Waals surface area contributed by atoms with Crippen LogP contribution in [0.4, 0.5) is 5.95 Å². The molecule has 0 saturated carbocycles. The summed E-state index contributed by atoms with van der Waals surface area (Å²) in [5, 5.41) is 10.2. The lowest BCUT2D eigenvalue weighted by atomic mass is 10.6. The molecule has 0 unspecified atom stereocenters. The van der Waals surface area contributed by atoms with Crippen LogP contribution in [0.5, 0.6) is 0 Å². The average molecular weight is 167 g/mol. The summed E-state index contributed by atoms with van der Waals surface area (Å²) >= 11 is 0.